The SMILES string of the molecule is Cn1ccc2ccc(NC(=O)C3(O)CCSC3)cc21. The van der Waals surface area contributed by atoms with Crippen molar-refractivity contribution in [3.8, 4) is 0 Å². The average Bonchev–Trinajstić information content (AvgIpc) is 2.98. The molecule has 1 atom stereocenters. The number of carbonyl (C=O) groups excluding carboxylic acids is 1. The van der Waals surface area contributed by atoms with Gasteiger partial charge in [-0.1, -0.05) is 6.07 Å². The molecule has 2 aromatic rings. The Balaban J connectivity index is 1.84. The van der Waals surface area contributed by atoms with E-state index in [0.717, 1.165) is 22.3 Å². The van der Waals surface area contributed by atoms with Crippen LogP contribution in [0.1, 0.15) is 6.42 Å². The maximum atomic E-state index is 12.1. The number of benzene rings is 1. The van der Waals surface area contributed by atoms with Crippen molar-refractivity contribution in [2.75, 3.05) is 16.8 Å². The molecule has 19 heavy (non-hydrogen) atoms. The predicted molar refractivity (Wildman–Crippen MR) is 78.4 cm³/mol. The van der Waals surface area contributed by atoms with E-state index in [2.05, 4.69) is 5.32 Å². The molecular formula is C14H16N2O2S. The lowest BCUT2D eigenvalue weighted by Gasteiger charge is -2.20. The van der Waals surface area contributed by atoms with Gasteiger partial charge in [-0.15, -0.1) is 0 Å². The monoisotopic (exact) mass is 276 g/mol. The van der Waals surface area contributed by atoms with Crippen molar-refractivity contribution in [2.45, 2.75) is 12.0 Å². The summed E-state index contributed by atoms with van der Waals surface area (Å²) in [4.78, 5) is 12.1. The maximum absolute atomic E-state index is 12.1. The van der Waals surface area contributed by atoms with Crippen LogP contribution in [0.4, 0.5) is 5.69 Å². The molecule has 0 aliphatic carbocycles. The summed E-state index contributed by atoms with van der Waals surface area (Å²) < 4.78 is 2.01. The van der Waals surface area contributed by atoms with E-state index in [1.165, 1.54) is 0 Å². The number of rotatable bonds is 2. The zero-order chi connectivity index (χ0) is 13.5. The van der Waals surface area contributed by atoms with Crippen molar-refractivity contribution in [1.29, 1.82) is 0 Å². The number of nitrogens with zero attached hydrogens (tertiary/aromatic N) is 1. The predicted octanol–water partition coefficient (Wildman–Crippen LogP) is 1.98. The summed E-state index contributed by atoms with van der Waals surface area (Å²) in [5.41, 5.74) is 0.573. The van der Waals surface area contributed by atoms with E-state index in [4.69, 9.17) is 0 Å². The Morgan fingerprint density at radius 2 is 2.32 bits per heavy atom. The van der Waals surface area contributed by atoms with Crippen molar-refractivity contribution in [2.24, 2.45) is 7.05 Å². The van der Waals surface area contributed by atoms with Crippen LogP contribution in [0.2, 0.25) is 0 Å². The fourth-order valence-corrected chi connectivity index (χ4v) is 3.56. The summed E-state index contributed by atoms with van der Waals surface area (Å²) in [6.07, 6.45) is 2.51. The summed E-state index contributed by atoms with van der Waals surface area (Å²) in [5, 5.41) is 14.2. The van der Waals surface area contributed by atoms with Gasteiger partial charge in [-0.25, -0.2) is 0 Å². The van der Waals surface area contributed by atoms with Crippen LogP contribution in [0, 0.1) is 0 Å². The molecule has 1 amide bonds. The van der Waals surface area contributed by atoms with Gasteiger partial charge in [0.15, 0.2) is 5.60 Å². The third kappa shape index (κ3) is 2.24. The van der Waals surface area contributed by atoms with Crippen molar-refractivity contribution >= 4 is 34.3 Å². The van der Waals surface area contributed by atoms with Crippen LogP contribution < -0.4 is 5.32 Å². The first kappa shape index (κ1) is 12.6. The van der Waals surface area contributed by atoms with Gasteiger partial charge in [-0.3, -0.25) is 4.79 Å². The van der Waals surface area contributed by atoms with Crippen molar-refractivity contribution in [3.05, 3.63) is 30.5 Å². The number of amides is 1. The highest BCUT2D eigenvalue weighted by Gasteiger charge is 2.39. The molecule has 0 spiro atoms. The number of aliphatic hydroxyl groups is 1. The summed E-state index contributed by atoms with van der Waals surface area (Å²) in [6, 6.07) is 7.80. The van der Waals surface area contributed by atoms with E-state index in [1.54, 1.807) is 11.8 Å². The molecule has 4 nitrogen and oxygen atoms in total. The fourth-order valence-electron chi connectivity index (χ4n) is 2.32. The Morgan fingerprint density at radius 3 is 3.05 bits per heavy atom. The number of carbonyl (C=O) groups is 1. The summed E-state index contributed by atoms with van der Waals surface area (Å²) in [5.74, 6) is 1.01. The van der Waals surface area contributed by atoms with E-state index in [1.807, 2.05) is 42.1 Å². The van der Waals surface area contributed by atoms with Gasteiger partial charge in [0.2, 0.25) is 0 Å². The molecule has 1 unspecified atom stereocenters. The number of thioether (sulfide) groups is 1. The molecule has 1 aliphatic rings. The summed E-state index contributed by atoms with van der Waals surface area (Å²) in [7, 11) is 1.97. The average molecular weight is 276 g/mol. The third-order valence-electron chi connectivity index (χ3n) is 3.57. The molecule has 3 rings (SSSR count). The van der Waals surface area contributed by atoms with Gasteiger partial charge < -0.3 is 15.0 Å². The molecule has 0 saturated carbocycles. The van der Waals surface area contributed by atoms with E-state index in [0.29, 0.717) is 12.2 Å². The molecule has 2 heterocycles. The molecule has 1 saturated heterocycles. The first-order valence-electron chi connectivity index (χ1n) is 6.25. The lowest BCUT2D eigenvalue weighted by Crippen LogP contribution is -2.42. The number of aryl methyl sites for hydroxylation is 1. The first-order valence-corrected chi connectivity index (χ1v) is 7.41. The van der Waals surface area contributed by atoms with E-state index in [9.17, 15) is 9.90 Å². The van der Waals surface area contributed by atoms with Gasteiger partial charge in [0, 0.05) is 30.2 Å². The Kier molecular flexibility index (Phi) is 3.03. The number of fused-ring (bicyclic) bond motifs is 1. The Bertz CT molecular complexity index is 629. The van der Waals surface area contributed by atoms with Gasteiger partial charge >= 0.3 is 0 Å². The molecule has 100 valence electrons. The van der Waals surface area contributed by atoms with Gasteiger partial charge in [0.25, 0.3) is 5.91 Å². The second kappa shape index (κ2) is 4.58. The van der Waals surface area contributed by atoms with Crippen molar-refractivity contribution in [1.82, 2.24) is 4.57 Å². The standard InChI is InChI=1S/C14H16N2O2S/c1-16-6-4-10-2-3-11(8-12(10)16)15-13(17)14(18)5-7-19-9-14/h2-4,6,8,18H,5,7,9H2,1H3,(H,15,17). The van der Waals surface area contributed by atoms with Gasteiger partial charge in [0.1, 0.15) is 0 Å². The van der Waals surface area contributed by atoms with Crippen LogP contribution in [0.3, 0.4) is 0 Å². The van der Waals surface area contributed by atoms with Crippen LogP contribution in [0.25, 0.3) is 10.9 Å². The zero-order valence-electron chi connectivity index (χ0n) is 10.7. The number of hydrogen-bond donors (Lipinski definition) is 2. The second-order valence-electron chi connectivity index (χ2n) is 4.99. The number of anilines is 1. The normalized spacial score (nSPS) is 22.8. The zero-order valence-corrected chi connectivity index (χ0v) is 11.5. The van der Waals surface area contributed by atoms with Crippen LogP contribution in [-0.4, -0.2) is 32.7 Å². The second-order valence-corrected chi connectivity index (χ2v) is 6.09. The van der Waals surface area contributed by atoms with Gasteiger partial charge in [0.05, 0.1) is 0 Å². The molecule has 5 heteroatoms. The smallest absolute Gasteiger partial charge is 0.257 e. The highest BCUT2D eigenvalue weighted by atomic mass is 32.2. The first-order chi connectivity index (χ1) is 9.08. The molecule has 0 radical (unpaired) electrons. The van der Waals surface area contributed by atoms with E-state index in [-0.39, 0.29) is 5.91 Å². The quantitative estimate of drug-likeness (QED) is 0.882. The van der Waals surface area contributed by atoms with E-state index < -0.39 is 5.60 Å². The maximum Gasteiger partial charge on any atom is 0.257 e. The van der Waals surface area contributed by atoms with Crippen LogP contribution in [0.15, 0.2) is 30.5 Å². The molecule has 0 bridgehead atoms. The van der Waals surface area contributed by atoms with Crippen LogP contribution >= 0.6 is 11.8 Å². The van der Waals surface area contributed by atoms with Gasteiger partial charge in [-0.05, 0) is 35.8 Å². The number of hydrogen-bond acceptors (Lipinski definition) is 3. The molecule has 1 aromatic carbocycles. The topological polar surface area (TPSA) is 54.3 Å². The fraction of sp³-hybridized carbons (Fsp3) is 0.357. The number of aromatic nitrogens is 1. The third-order valence-corrected chi connectivity index (χ3v) is 4.74. The van der Waals surface area contributed by atoms with E-state index >= 15 is 0 Å². The van der Waals surface area contributed by atoms with Crippen molar-refractivity contribution in [3.63, 3.8) is 0 Å². The minimum absolute atomic E-state index is 0.300. The summed E-state index contributed by atoms with van der Waals surface area (Å²) in [6.45, 7) is 0. The highest BCUT2D eigenvalue weighted by Crippen LogP contribution is 2.29. The molecule has 2 N–H and O–H groups in total. The molecule has 1 aromatic heterocycles. The van der Waals surface area contributed by atoms with Gasteiger partial charge in [-0.2, -0.15) is 11.8 Å². The van der Waals surface area contributed by atoms with Crippen LogP contribution in [0.5, 0.6) is 0 Å². The minimum Gasteiger partial charge on any atom is -0.379 e. The summed E-state index contributed by atoms with van der Waals surface area (Å²) >= 11 is 1.61. The highest BCUT2D eigenvalue weighted by molar-refractivity contribution is 7.99. The Labute approximate surface area is 115 Å². The Morgan fingerprint density at radius 1 is 1.47 bits per heavy atom. The lowest BCUT2D eigenvalue weighted by molar-refractivity contribution is -0.131. The molecular weight excluding hydrogens is 260 g/mol. The van der Waals surface area contributed by atoms with Crippen LogP contribution in [-0.2, 0) is 11.8 Å². The molecule has 1 aliphatic heterocycles. The Hall–Kier alpha value is -1.46. The number of nitrogens with one attached hydrogen (secondary N) is 1. The minimum atomic E-state index is -1.21. The largest absolute Gasteiger partial charge is 0.379 e. The van der Waals surface area contributed by atoms with Crippen molar-refractivity contribution < 1.29 is 9.90 Å². The molecule has 1 fully saturated rings. The lowest BCUT2D eigenvalue weighted by atomic mass is 10.0.